The first-order valence-corrected chi connectivity index (χ1v) is 6.75. The maximum Gasteiger partial charge on any atom is 0.324 e. The van der Waals surface area contributed by atoms with Gasteiger partial charge in [-0.15, -0.1) is 0 Å². The van der Waals surface area contributed by atoms with Crippen LogP contribution in [0.5, 0.6) is 0 Å². The minimum atomic E-state index is -1.26. The molecule has 1 aromatic carbocycles. The molecule has 0 saturated carbocycles. The van der Waals surface area contributed by atoms with Gasteiger partial charge in [-0.05, 0) is 23.6 Å². The van der Waals surface area contributed by atoms with Crippen LogP contribution < -0.4 is 5.56 Å². The van der Waals surface area contributed by atoms with Crippen LogP contribution in [0.3, 0.4) is 0 Å². The molecule has 0 fully saturated rings. The molecule has 1 heterocycles. The average molecular weight is 354 g/mol. The molecular weight excluding hydrogens is 342 g/mol. The first-order valence-electron chi connectivity index (χ1n) is 5.96. The van der Waals surface area contributed by atoms with Gasteiger partial charge >= 0.3 is 11.9 Å². The Labute approximate surface area is 128 Å². The topological polar surface area (TPSA) is 85.5 Å². The molecule has 0 bridgehead atoms. The van der Waals surface area contributed by atoms with E-state index < -0.39 is 17.9 Å². The number of halogens is 1. The van der Waals surface area contributed by atoms with Crippen molar-refractivity contribution in [2.75, 3.05) is 14.2 Å². The van der Waals surface area contributed by atoms with Crippen LogP contribution in [-0.4, -0.2) is 31.1 Å². The highest BCUT2D eigenvalue weighted by atomic mass is 79.9. The highest BCUT2D eigenvalue weighted by Crippen LogP contribution is 2.27. The van der Waals surface area contributed by atoms with E-state index in [0.717, 1.165) is 4.47 Å². The third-order valence-electron chi connectivity index (χ3n) is 3.08. The lowest BCUT2D eigenvalue weighted by atomic mass is 9.95. The smallest absolute Gasteiger partial charge is 0.324 e. The van der Waals surface area contributed by atoms with E-state index in [0.29, 0.717) is 16.3 Å². The molecule has 2 aromatic rings. The number of pyridine rings is 1. The second-order valence-electron chi connectivity index (χ2n) is 4.24. The molecular formula is C14H12BrNO5. The summed E-state index contributed by atoms with van der Waals surface area (Å²) in [6.07, 6.45) is 1.33. The summed E-state index contributed by atoms with van der Waals surface area (Å²) in [4.78, 5) is 38.2. The molecule has 0 aliphatic heterocycles. The number of nitrogens with one attached hydrogen (secondary N) is 1. The maximum atomic E-state index is 11.9. The van der Waals surface area contributed by atoms with Gasteiger partial charge in [-0.2, -0.15) is 0 Å². The van der Waals surface area contributed by atoms with E-state index in [2.05, 4.69) is 30.4 Å². The van der Waals surface area contributed by atoms with Crippen LogP contribution in [0.2, 0.25) is 0 Å². The summed E-state index contributed by atoms with van der Waals surface area (Å²) >= 11 is 3.30. The third-order valence-corrected chi connectivity index (χ3v) is 3.57. The van der Waals surface area contributed by atoms with Crippen LogP contribution >= 0.6 is 15.9 Å². The quantitative estimate of drug-likeness (QED) is 0.670. The molecule has 0 saturated heterocycles. The predicted octanol–water partition coefficient (Wildman–Crippen LogP) is 1.72. The van der Waals surface area contributed by atoms with Crippen LogP contribution in [-0.2, 0) is 19.1 Å². The molecule has 0 unspecified atom stereocenters. The fourth-order valence-corrected chi connectivity index (χ4v) is 2.44. The molecule has 0 radical (unpaired) electrons. The Morgan fingerprint density at radius 3 is 2.33 bits per heavy atom. The second-order valence-corrected chi connectivity index (χ2v) is 5.16. The summed E-state index contributed by atoms with van der Waals surface area (Å²) in [6, 6.07) is 4.97. The normalized spacial score (nSPS) is 10.7. The van der Waals surface area contributed by atoms with Crippen LogP contribution in [0.25, 0.3) is 10.8 Å². The van der Waals surface area contributed by atoms with E-state index in [1.54, 1.807) is 18.2 Å². The van der Waals surface area contributed by atoms with E-state index in [4.69, 9.17) is 0 Å². The number of esters is 2. The van der Waals surface area contributed by atoms with Gasteiger partial charge in [0, 0.05) is 21.6 Å². The molecule has 0 spiro atoms. The van der Waals surface area contributed by atoms with Gasteiger partial charge in [-0.25, -0.2) is 0 Å². The number of rotatable bonds is 3. The molecule has 6 nitrogen and oxygen atoms in total. The first-order chi connectivity index (χ1) is 9.99. The Balaban J connectivity index is 2.77. The van der Waals surface area contributed by atoms with Crippen LogP contribution in [0.1, 0.15) is 11.5 Å². The second kappa shape index (κ2) is 6.09. The Morgan fingerprint density at radius 1 is 1.14 bits per heavy atom. The van der Waals surface area contributed by atoms with Crippen molar-refractivity contribution in [3.63, 3.8) is 0 Å². The molecule has 1 aromatic heterocycles. The summed E-state index contributed by atoms with van der Waals surface area (Å²) in [6.45, 7) is 0. The van der Waals surface area contributed by atoms with Crippen molar-refractivity contribution in [3.8, 4) is 0 Å². The number of aromatic amines is 1. The van der Waals surface area contributed by atoms with Crippen molar-refractivity contribution in [2.45, 2.75) is 5.92 Å². The summed E-state index contributed by atoms with van der Waals surface area (Å²) in [5.74, 6) is -2.76. The lowest BCUT2D eigenvalue weighted by Gasteiger charge is -2.14. The van der Waals surface area contributed by atoms with Gasteiger partial charge in [-0.3, -0.25) is 14.4 Å². The van der Waals surface area contributed by atoms with Crippen molar-refractivity contribution in [2.24, 2.45) is 0 Å². The molecule has 21 heavy (non-hydrogen) atoms. The SMILES string of the molecule is COC(=O)C(C(=O)OC)c1c[nH]c(=O)c2ccc(Br)cc12. The molecule has 7 heteroatoms. The predicted molar refractivity (Wildman–Crippen MR) is 79.0 cm³/mol. The lowest BCUT2D eigenvalue weighted by molar-refractivity contribution is -0.154. The molecule has 2 rings (SSSR count). The molecule has 1 N–H and O–H groups in total. The highest BCUT2D eigenvalue weighted by molar-refractivity contribution is 9.10. The molecule has 110 valence electrons. The maximum absolute atomic E-state index is 11.9. The van der Waals surface area contributed by atoms with Crippen LogP contribution in [0.15, 0.2) is 33.7 Å². The Morgan fingerprint density at radius 2 is 1.76 bits per heavy atom. The largest absolute Gasteiger partial charge is 0.468 e. The number of aromatic nitrogens is 1. The van der Waals surface area contributed by atoms with E-state index in [9.17, 15) is 14.4 Å². The van der Waals surface area contributed by atoms with E-state index in [1.807, 2.05) is 0 Å². The monoisotopic (exact) mass is 353 g/mol. The summed E-state index contributed by atoms with van der Waals surface area (Å²) in [5.41, 5.74) is 0.0133. The zero-order chi connectivity index (χ0) is 15.6. The van der Waals surface area contributed by atoms with Crippen molar-refractivity contribution in [1.82, 2.24) is 4.98 Å². The van der Waals surface area contributed by atoms with Crippen molar-refractivity contribution < 1.29 is 19.1 Å². The van der Waals surface area contributed by atoms with Gasteiger partial charge in [0.2, 0.25) is 0 Å². The van der Waals surface area contributed by atoms with Crippen LogP contribution in [0.4, 0.5) is 0 Å². The molecule has 0 aliphatic carbocycles. The lowest BCUT2D eigenvalue weighted by Crippen LogP contribution is -2.25. The zero-order valence-corrected chi connectivity index (χ0v) is 12.9. The number of hydrogen-bond acceptors (Lipinski definition) is 5. The van der Waals surface area contributed by atoms with Gasteiger partial charge in [-0.1, -0.05) is 15.9 Å². The summed E-state index contributed by atoms with van der Waals surface area (Å²) < 4.78 is 10.0. The van der Waals surface area contributed by atoms with Gasteiger partial charge in [0.15, 0.2) is 5.92 Å². The highest BCUT2D eigenvalue weighted by Gasteiger charge is 2.32. The Bertz CT molecular complexity index is 752. The Hall–Kier alpha value is -2.15. The van der Waals surface area contributed by atoms with Gasteiger partial charge in [0.1, 0.15) is 0 Å². The third kappa shape index (κ3) is 2.82. The average Bonchev–Trinajstić information content (AvgIpc) is 2.49. The molecule has 0 atom stereocenters. The molecule has 0 amide bonds. The van der Waals surface area contributed by atoms with Crippen LogP contribution in [0, 0.1) is 0 Å². The van der Waals surface area contributed by atoms with E-state index in [1.165, 1.54) is 20.4 Å². The Kier molecular flexibility index (Phi) is 4.42. The standard InChI is InChI=1S/C14H12BrNO5/c1-20-13(18)11(14(19)21-2)10-6-16-12(17)8-4-3-7(15)5-9(8)10/h3-6,11H,1-2H3,(H,16,17). The number of hydrogen-bond donors (Lipinski definition) is 1. The first kappa shape index (κ1) is 15.2. The summed E-state index contributed by atoms with van der Waals surface area (Å²) in [7, 11) is 2.37. The van der Waals surface area contributed by atoms with E-state index in [-0.39, 0.29) is 5.56 Å². The van der Waals surface area contributed by atoms with E-state index >= 15 is 0 Å². The fraction of sp³-hybridized carbons (Fsp3) is 0.214. The van der Waals surface area contributed by atoms with Gasteiger partial charge in [0.25, 0.3) is 5.56 Å². The number of carbonyl (C=O) groups is 2. The van der Waals surface area contributed by atoms with Gasteiger partial charge < -0.3 is 14.5 Å². The zero-order valence-electron chi connectivity index (χ0n) is 11.3. The number of fused-ring (bicyclic) bond motifs is 1. The van der Waals surface area contributed by atoms with Crippen molar-refractivity contribution >= 4 is 38.6 Å². The number of methoxy groups -OCH3 is 2. The van der Waals surface area contributed by atoms with Gasteiger partial charge in [0.05, 0.1) is 14.2 Å². The number of benzene rings is 1. The minimum absolute atomic E-state index is 0.310. The van der Waals surface area contributed by atoms with Crippen molar-refractivity contribution in [3.05, 3.63) is 44.8 Å². The minimum Gasteiger partial charge on any atom is -0.468 e. The van der Waals surface area contributed by atoms with Crippen molar-refractivity contribution in [1.29, 1.82) is 0 Å². The number of H-pyrrole nitrogens is 1. The fourth-order valence-electron chi connectivity index (χ4n) is 2.08. The number of ether oxygens (including phenoxy) is 2. The summed E-state index contributed by atoms with van der Waals surface area (Å²) in [5, 5.41) is 0.849. The molecule has 0 aliphatic rings. The number of carbonyl (C=O) groups excluding carboxylic acids is 2.